The lowest BCUT2D eigenvalue weighted by atomic mass is 10.3. The summed E-state index contributed by atoms with van der Waals surface area (Å²) in [6.07, 6.45) is 0. The summed E-state index contributed by atoms with van der Waals surface area (Å²) in [6.45, 7) is 3.19. The zero-order valence-electron chi connectivity index (χ0n) is 8.24. The molecule has 0 radical (unpaired) electrons. The normalized spacial score (nSPS) is 11.9. The molecule has 0 bridgehead atoms. The van der Waals surface area contributed by atoms with Crippen molar-refractivity contribution < 1.29 is 9.84 Å². The highest BCUT2D eigenvalue weighted by Crippen LogP contribution is 2.22. The number of hydrogen-bond acceptors (Lipinski definition) is 2. The molecule has 0 saturated carbocycles. The van der Waals surface area contributed by atoms with E-state index >= 15 is 0 Å². The molecule has 0 aliphatic carbocycles. The third-order valence-electron chi connectivity index (χ3n) is 1.86. The number of nitrogens with one attached hydrogen (secondary N) is 1. The van der Waals surface area contributed by atoms with E-state index in [0.29, 0.717) is 5.88 Å². The Kier molecular flexibility index (Phi) is 1.97. The number of ether oxygens (including phenoxy) is 1. The number of para-hydroxylation sites is 1. The average molecular weight is 191 g/mol. The Hall–Kier alpha value is -1.48. The fraction of sp³-hybridized carbons (Fsp3) is 0.273. The molecule has 3 heteroatoms. The molecule has 0 atom stereocenters. The van der Waals surface area contributed by atoms with Crippen molar-refractivity contribution in [3.63, 3.8) is 0 Å². The SMILES string of the molecule is CC(C)(O)Oc1cc2ccccc2[nH]1. The van der Waals surface area contributed by atoms with Crippen LogP contribution in [0.1, 0.15) is 13.8 Å². The zero-order chi connectivity index (χ0) is 10.2. The fourth-order valence-electron chi connectivity index (χ4n) is 1.37. The Morgan fingerprint density at radius 1 is 1.29 bits per heavy atom. The molecule has 2 rings (SSSR count). The van der Waals surface area contributed by atoms with Gasteiger partial charge in [0, 0.05) is 30.8 Å². The van der Waals surface area contributed by atoms with Crippen LogP contribution in [0.15, 0.2) is 30.3 Å². The molecule has 1 heterocycles. The Morgan fingerprint density at radius 3 is 2.64 bits per heavy atom. The van der Waals surface area contributed by atoms with Crippen molar-refractivity contribution in [2.45, 2.75) is 19.6 Å². The monoisotopic (exact) mass is 191 g/mol. The number of hydrogen-bond donors (Lipinski definition) is 2. The maximum absolute atomic E-state index is 9.45. The van der Waals surface area contributed by atoms with Crippen LogP contribution in [0, 0.1) is 0 Å². The summed E-state index contributed by atoms with van der Waals surface area (Å²) in [6, 6.07) is 9.74. The zero-order valence-corrected chi connectivity index (χ0v) is 8.24. The van der Waals surface area contributed by atoms with Gasteiger partial charge in [-0.15, -0.1) is 0 Å². The quantitative estimate of drug-likeness (QED) is 0.715. The standard InChI is InChI=1S/C11H13NO2/c1-11(2,13)14-10-7-8-5-3-4-6-9(8)12-10/h3-7,12-13H,1-2H3. The van der Waals surface area contributed by atoms with Crippen LogP contribution in [0.3, 0.4) is 0 Å². The molecule has 2 N–H and O–H groups in total. The summed E-state index contributed by atoms with van der Waals surface area (Å²) in [7, 11) is 0. The first-order chi connectivity index (χ1) is 6.54. The first-order valence-electron chi connectivity index (χ1n) is 4.54. The van der Waals surface area contributed by atoms with Gasteiger partial charge in [0.25, 0.3) is 0 Å². The summed E-state index contributed by atoms with van der Waals surface area (Å²) in [4.78, 5) is 3.07. The maximum Gasteiger partial charge on any atom is 0.204 e. The van der Waals surface area contributed by atoms with Crippen LogP contribution >= 0.6 is 0 Å². The third kappa shape index (κ3) is 1.88. The van der Waals surface area contributed by atoms with Crippen molar-refractivity contribution in [3.05, 3.63) is 30.3 Å². The first-order valence-corrected chi connectivity index (χ1v) is 4.54. The Labute approximate surface area is 82.3 Å². The van der Waals surface area contributed by atoms with E-state index in [-0.39, 0.29) is 0 Å². The molecule has 2 aromatic rings. The molecule has 0 saturated heterocycles. The van der Waals surface area contributed by atoms with Crippen LogP contribution in [-0.4, -0.2) is 15.9 Å². The molecule has 1 aromatic carbocycles. The van der Waals surface area contributed by atoms with Crippen molar-refractivity contribution in [2.24, 2.45) is 0 Å². The lowest BCUT2D eigenvalue weighted by molar-refractivity contribution is -0.106. The van der Waals surface area contributed by atoms with Crippen LogP contribution in [0.5, 0.6) is 5.88 Å². The Bertz CT molecular complexity index is 407. The summed E-state index contributed by atoms with van der Waals surface area (Å²) >= 11 is 0. The molecule has 0 unspecified atom stereocenters. The number of aromatic amines is 1. The van der Waals surface area contributed by atoms with Gasteiger partial charge >= 0.3 is 0 Å². The van der Waals surface area contributed by atoms with Gasteiger partial charge in [-0.1, -0.05) is 18.2 Å². The van der Waals surface area contributed by atoms with E-state index in [1.165, 1.54) is 0 Å². The smallest absolute Gasteiger partial charge is 0.204 e. The van der Waals surface area contributed by atoms with E-state index in [1.807, 2.05) is 30.3 Å². The molecule has 0 aliphatic heterocycles. The van der Waals surface area contributed by atoms with Crippen molar-refractivity contribution >= 4 is 10.9 Å². The van der Waals surface area contributed by atoms with E-state index in [9.17, 15) is 5.11 Å². The Balaban J connectivity index is 2.36. The van der Waals surface area contributed by atoms with Gasteiger partial charge in [0.2, 0.25) is 5.79 Å². The molecule has 14 heavy (non-hydrogen) atoms. The average Bonchev–Trinajstić information content (AvgIpc) is 2.42. The van der Waals surface area contributed by atoms with E-state index in [1.54, 1.807) is 13.8 Å². The number of aromatic nitrogens is 1. The van der Waals surface area contributed by atoms with Gasteiger partial charge in [0.05, 0.1) is 0 Å². The summed E-state index contributed by atoms with van der Waals surface area (Å²) < 4.78 is 5.29. The number of benzene rings is 1. The molecule has 0 spiro atoms. The van der Waals surface area contributed by atoms with E-state index in [4.69, 9.17) is 4.74 Å². The highest BCUT2D eigenvalue weighted by Gasteiger charge is 2.15. The molecular formula is C11H13NO2. The largest absolute Gasteiger partial charge is 0.448 e. The summed E-state index contributed by atoms with van der Waals surface area (Å²) in [5, 5.41) is 10.5. The minimum Gasteiger partial charge on any atom is -0.448 e. The first kappa shape index (κ1) is 9.09. The second-order valence-electron chi connectivity index (χ2n) is 3.77. The fourth-order valence-corrected chi connectivity index (χ4v) is 1.37. The number of fused-ring (bicyclic) bond motifs is 1. The lowest BCUT2D eigenvalue weighted by Crippen LogP contribution is -2.27. The van der Waals surface area contributed by atoms with Crippen LogP contribution in [0.4, 0.5) is 0 Å². The van der Waals surface area contributed by atoms with Crippen molar-refractivity contribution in [1.82, 2.24) is 4.98 Å². The van der Waals surface area contributed by atoms with Crippen LogP contribution < -0.4 is 4.74 Å². The predicted octanol–water partition coefficient (Wildman–Crippen LogP) is 2.28. The molecule has 0 fully saturated rings. The second kappa shape index (κ2) is 3.03. The lowest BCUT2D eigenvalue weighted by Gasteiger charge is -2.17. The topological polar surface area (TPSA) is 45.2 Å². The molecule has 74 valence electrons. The molecular weight excluding hydrogens is 178 g/mol. The van der Waals surface area contributed by atoms with Gasteiger partial charge in [-0.25, -0.2) is 0 Å². The molecule has 0 aliphatic rings. The summed E-state index contributed by atoms with van der Waals surface area (Å²) in [5.74, 6) is -0.570. The number of H-pyrrole nitrogens is 1. The van der Waals surface area contributed by atoms with Crippen molar-refractivity contribution in [3.8, 4) is 5.88 Å². The molecule has 0 amide bonds. The highest BCUT2D eigenvalue weighted by molar-refractivity contribution is 5.81. The van der Waals surface area contributed by atoms with Crippen LogP contribution in [0.2, 0.25) is 0 Å². The van der Waals surface area contributed by atoms with Crippen molar-refractivity contribution in [1.29, 1.82) is 0 Å². The van der Waals surface area contributed by atoms with Gasteiger partial charge in [0.15, 0.2) is 5.88 Å². The van der Waals surface area contributed by atoms with Gasteiger partial charge < -0.3 is 14.8 Å². The van der Waals surface area contributed by atoms with Gasteiger partial charge in [0.1, 0.15) is 0 Å². The number of aliphatic hydroxyl groups is 1. The van der Waals surface area contributed by atoms with Gasteiger partial charge in [-0.05, 0) is 6.07 Å². The van der Waals surface area contributed by atoms with Crippen LogP contribution in [0.25, 0.3) is 10.9 Å². The van der Waals surface area contributed by atoms with Crippen molar-refractivity contribution in [2.75, 3.05) is 0 Å². The molecule has 1 aromatic heterocycles. The minimum absolute atomic E-state index is 0.582. The van der Waals surface area contributed by atoms with E-state index < -0.39 is 5.79 Å². The third-order valence-corrected chi connectivity index (χ3v) is 1.86. The number of rotatable bonds is 2. The molecule has 3 nitrogen and oxygen atoms in total. The van der Waals surface area contributed by atoms with Gasteiger partial charge in [-0.3, -0.25) is 0 Å². The van der Waals surface area contributed by atoms with E-state index in [0.717, 1.165) is 10.9 Å². The van der Waals surface area contributed by atoms with Gasteiger partial charge in [-0.2, -0.15) is 0 Å². The highest BCUT2D eigenvalue weighted by atomic mass is 16.6. The second-order valence-corrected chi connectivity index (χ2v) is 3.77. The maximum atomic E-state index is 9.45. The van der Waals surface area contributed by atoms with E-state index in [2.05, 4.69) is 4.98 Å². The van der Waals surface area contributed by atoms with Crippen LogP contribution in [-0.2, 0) is 0 Å². The summed E-state index contributed by atoms with van der Waals surface area (Å²) in [5.41, 5.74) is 1.01. The Morgan fingerprint density at radius 2 is 2.00 bits per heavy atom. The predicted molar refractivity (Wildman–Crippen MR) is 55.2 cm³/mol. The minimum atomic E-state index is -1.15.